The summed E-state index contributed by atoms with van der Waals surface area (Å²) in [6, 6.07) is 8.50. The molecule has 98 valence electrons. The zero-order valence-corrected chi connectivity index (χ0v) is 11.5. The van der Waals surface area contributed by atoms with E-state index in [9.17, 15) is 0 Å². The van der Waals surface area contributed by atoms with Crippen molar-refractivity contribution >= 4 is 0 Å². The van der Waals surface area contributed by atoms with E-state index in [0.717, 1.165) is 31.0 Å². The molecule has 1 N–H and O–H groups in total. The van der Waals surface area contributed by atoms with E-state index in [-0.39, 0.29) is 0 Å². The molecule has 0 saturated carbocycles. The quantitative estimate of drug-likeness (QED) is 0.894. The number of hydrogen-bond donors (Lipinski definition) is 1. The highest BCUT2D eigenvalue weighted by atomic mass is 15.0. The standard InChI is InChI=1S/C16H19N3/c1-11-3-4-14(12(2)9-11)15-6-8-18-16(19-15)13-5-7-17-10-13/h3-4,6,8-9,13,17H,5,7,10H2,1-2H3. The minimum atomic E-state index is 0.464. The normalized spacial score (nSPS) is 18.7. The summed E-state index contributed by atoms with van der Waals surface area (Å²) in [5, 5.41) is 3.37. The van der Waals surface area contributed by atoms with Gasteiger partial charge in [-0.3, -0.25) is 0 Å². The third kappa shape index (κ3) is 2.51. The summed E-state index contributed by atoms with van der Waals surface area (Å²) in [6.45, 7) is 6.33. The molecule has 19 heavy (non-hydrogen) atoms. The molecule has 0 amide bonds. The molecule has 0 bridgehead atoms. The predicted octanol–water partition coefficient (Wildman–Crippen LogP) is 2.84. The molecule has 1 fully saturated rings. The lowest BCUT2D eigenvalue weighted by Crippen LogP contribution is -2.10. The van der Waals surface area contributed by atoms with Crippen LogP contribution in [0.5, 0.6) is 0 Å². The molecule has 1 unspecified atom stereocenters. The number of nitrogens with one attached hydrogen (secondary N) is 1. The SMILES string of the molecule is Cc1ccc(-c2ccnc(C3CCNC3)n2)c(C)c1. The average molecular weight is 253 g/mol. The molecule has 3 heteroatoms. The number of nitrogens with zero attached hydrogens (tertiary/aromatic N) is 2. The Morgan fingerprint density at radius 2 is 2.11 bits per heavy atom. The molecule has 1 aromatic carbocycles. The summed E-state index contributed by atoms with van der Waals surface area (Å²) in [4.78, 5) is 9.21. The van der Waals surface area contributed by atoms with Gasteiger partial charge in [0.1, 0.15) is 5.82 Å². The van der Waals surface area contributed by atoms with Gasteiger partial charge in [-0.25, -0.2) is 9.97 Å². The summed E-state index contributed by atoms with van der Waals surface area (Å²) >= 11 is 0. The maximum Gasteiger partial charge on any atom is 0.133 e. The molecule has 1 aliphatic rings. The van der Waals surface area contributed by atoms with Crippen LogP contribution in [0.4, 0.5) is 0 Å². The van der Waals surface area contributed by atoms with Crippen molar-refractivity contribution < 1.29 is 0 Å². The highest BCUT2D eigenvalue weighted by molar-refractivity contribution is 5.63. The maximum atomic E-state index is 4.76. The zero-order valence-electron chi connectivity index (χ0n) is 11.5. The van der Waals surface area contributed by atoms with Crippen LogP contribution in [0, 0.1) is 13.8 Å². The Morgan fingerprint density at radius 1 is 1.21 bits per heavy atom. The van der Waals surface area contributed by atoms with Crippen molar-refractivity contribution in [2.45, 2.75) is 26.2 Å². The van der Waals surface area contributed by atoms with Gasteiger partial charge in [0.2, 0.25) is 0 Å². The first-order valence-electron chi connectivity index (χ1n) is 6.85. The van der Waals surface area contributed by atoms with Crippen LogP contribution in [0.1, 0.15) is 29.3 Å². The number of benzene rings is 1. The summed E-state index contributed by atoms with van der Waals surface area (Å²) < 4.78 is 0. The van der Waals surface area contributed by atoms with Gasteiger partial charge >= 0.3 is 0 Å². The van der Waals surface area contributed by atoms with Crippen molar-refractivity contribution in [3.8, 4) is 11.3 Å². The Kier molecular flexibility index (Phi) is 3.30. The molecule has 0 aliphatic carbocycles. The van der Waals surface area contributed by atoms with E-state index in [0.29, 0.717) is 5.92 Å². The van der Waals surface area contributed by atoms with Gasteiger partial charge in [-0.2, -0.15) is 0 Å². The minimum Gasteiger partial charge on any atom is -0.316 e. The first kappa shape index (κ1) is 12.3. The Morgan fingerprint density at radius 3 is 2.84 bits per heavy atom. The van der Waals surface area contributed by atoms with Crippen LogP contribution in [0.25, 0.3) is 11.3 Å². The number of hydrogen-bond acceptors (Lipinski definition) is 3. The monoisotopic (exact) mass is 253 g/mol. The van der Waals surface area contributed by atoms with Crippen molar-refractivity contribution in [2.24, 2.45) is 0 Å². The van der Waals surface area contributed by atoms with Crippen LogP contribution in [0.2, 0.25) is 0 Å². The molecule has 1 atom stereocenters. The smallest absolute Gasteiger partial charge is 0.133 e. The van der Waals surface area contributed by atoms with E-state index in [1.165, 1.54) is 16.7 Å². The summed E-state index contributed by atoms with van der Waals surface area (Å²) in [5.74, 6) is 1.44. The van der Waals surface area contributed by atoms with Gasteiger partial charge < -0.3 is 5.32 Å². The number of rotatable bonds is 2. The third-order valence-electron chi connectivity index (χ3n) is 3.76. The molecule has 1 aliphatic heterocycles. The first-order valence-corrected chi connectivity index (χ1v) is 6.85. The van der Waals surface area contributed by atoms with Gasteiger partial charge in [0.05, 0.1) is 5.69 Å². The molecule has 3 nitrogen and oxygen atoms in total. The average Bonchev–Trinajstić information content (AvgIpc) is 2.93. The van der Waals surface area contributed by atoms with Crippen molar-refractivity contribution in [3.05, 3.63) is 47.4 Å². The maximum absolute atomic E-state index is 4.76. The largest absolute Gasteiger partial charge is 0.316 e. The van der Waals surface area contributed by atoms with E-state index < -0.39 is 0 Å². The lowest BCUT2D eigenvalue weighted by molar-refractivity contribution is 0.703. The van der Waals surface area contributed by atoms with Gasteiger partial charge in [-0.05, 0) is 38.4 Å². The van der Waals surface area contributed by atoms with E-state index >= 15 is 0 Å². The number of aromatic nitrogens is 2. The van der Waals surface area contributed by atoms with Crippen molar-refractivity contribution in [1.82, 2.24) is 15.3 Å². The number of aryl methyl sites for hydroxylation is 2. The molecular formula is C16H19N3. The third-order valence-corrected chi connectivity index (χ3v) is 3.76. The van der Waals surface area contributed by atoms with Gasteiger partial charge in [0.15, 0.2) is 0 Å². The summed E-state index contributed by atoms with van der Waals surface area (Å²) in [7, 11) is 0. The Bertz CT molecular complexity index is 586. The van der Waals surface area contributed by atoms with Crippen LogP contribution >= 0.6 is 0 Å². The fourth-order valence-corrected chi connectivity index (χ4v) is 2.70. The highest BCUT2D eigenvalue weighted by Gasteiger charge is 2.19. The highest BCUT2D eigenvalue weighted by Crippen LogP contribution is 2.25. The van der Waals surface area contributed by atoms with E-state index in [2.05, 4.69) is 42.3 Å². The Hall–Kier alpha value is -1.74. The Balaban J connectivity index is 1.98. The van der Waals surface area contributed by atoms with Crippen molar-refractivity contribution in [1.29, 1.82) is 0 Å². The van der Waals surface area contributed by atoms with Crippen LogP contribution < -0.4 is 5.32 Å². The zero-order chi connectivity index (χ0) is 13.2. The second kappa shape index (κ2) is 5.10. The second-order valence-electron chi connectivity index (χ2n) is 5.31. The lowest BCUT2D eigenvalue weighted by Gasteiger charge is -2.10. The molecule has 1 saturated heterocycles. The molecule has 0 spiro atoms. The van der Waals surface area contributed by atoms with Gasteiger partial charge in [-0.1, -0.05) is 23.8 Å². The first-order chi connectivity index (χ1) is 9.24. The predicted molar refractivity (Wildman–Crippen MR) is 77.2 cm³/mol. The van der Waals surface area contributed by atoms with Gasteiger partial charge in [-0.15, -0.1) is 0 Å². The van der Waals surface area contributed by atoms with E-state index in [1.807, 2.05) is 12.3 Å². The van der Waals surface area contributed by atoms with Crippen LogP contribution in [0.15, 0.2) is 30.5 Å². The molecule has 2 heterocycles. The fourth-order valence-electron chi connectivity index (χ4n) is 2.70. The van der Waals surface area contributed by atoms with Gasteiger partial charge in [0, 0.05) is 24.2 Å². The van der Waals surface area contributed by atoms with Crippen molar-refractivity contribution in [3.63, 3.8) is 0 Å². The van der Waals surface area contributed by atoms with Gasteiger partial charge in [0.25, 0.3) is 0 Å². The molecule has 0 radical (unpaired) electrons. The van der Waals surface area contributed by atoms with Crippen LogP contribution in [-0.4, -0.2) is 23.1 Å². The second-order valence-corrected chi connectivity index (χ2v) is 5.31. The molecular weight excluding hydrogens is 234 g/mol. The lowest BCUT2D eigenvalue weighted by atomic mass is 10.0. The molecule has 3 rings (SSSR count). The molecule has 1 aromatic heterocycles. The summed E-state index contributed by atoms with van der Waals surface area (Å²) in [6.07, 6.45) is 3.02. The minimum absolute atomic E-state index is 0.464. The van der Waals surface area contributed by atoms with E-state index in [1.54, 1.807) is 0 Å². The Labute approximate surface area is 114 Å². The van der Waals surface area contributed by atoms with Crippen LogP contribution in [0.3, 0.4) is 0 Å². The molecule has 2 aromatic rings. The van der Waals surface area contributed by atoms with Crippen molar-refractivity contribution in [2.75, 3.05) is 13.1 Å². The topological polar surface area (TPSA) is 37.8 Å². The summed E-state index contributed by atoms with van der Waals surface area (Å²) in [5.41, 5.74) is 4.80. The fraction of sp³-hybridized carbons (Fsp3) is 0.375. The van der Waals surface area contributed by atoms with Crippen LogP contribution in [-0.2, 0) is 0 Å². The van der Waals surface area contributed by atoms with E-state index in [4.69, 9.17) is 4.98 Å².